The van der Waals surface area contributed by atoms with Crippen LogP contribution in [0.25, 0.3) is 0 Å². The number of morpholine rings is 1. The molecule has 0 saturated carbocycles. The van der Waals surface area contributed by atoms with E-state index in [9.17, 15) is 5.11 Å². The molecule has 0 aromatic heterocycles. The van der Waals surface area contributed by atoms with Crippen LogP contribution < -0.4 is 5.32 Å². The standard InChI is InChI=1S/C18H19Cl2NO2.CH3I/c19-15-6-7-16(20)13(10-15)11-18(22,14-4-2-1-3-5-14)17-12-21-8-9-23-17;1-2/h1-7,10,17,21-22H,8-9,11-12H2;1H3/t17-,18-;/m1./s1. The summed E-state index contributed by atoms with van der Waals surface area (Å²) in [5.74, 6) is 0. The molecule has 1 aliphatic heterocycles. The molecule has 0 spiro atoms. The molecule has 1 aliphatic rings. The number of halogens is 3. The van der Waals surface area contributed by atoms with E-state index in [1.807, 2.05) is 35.3 Å². The average Bonchev–Trinajstić information content (AvgIpc) is 2.67. The van der Waals surface area contributed by atoms with Crippen molar-refractivity contribution < 1.29 is 9.84 Å². The molecule has 1 fully saturated rings. The number of benzene rings is 2. The van der Waals surface area contributed by atoms with Crippen molar-refractivity contribution in [2.75, 3.05) is 24.6 Å². The summed E-state index contributed by atoms with van der Waals surface area (Å²) in [6.45, 7) is 1.95. The van der Waals surface area contributed by atoms with E-state index >= 15 is 0 Å². The zero-order chi connectivity index (χ0) is 18.3. The van der Waals surface area contributed by atoms with Crippen LogP contribution >= 0.6 is 45.8 Å². The lowest BCUT2D eigenvalue weighted by molar-refractivity contribution is -0.124. The van der Waals surface area contributed by atoms with Gasteiger partial charge in [0, 0.05) is 29.6 Å². The van der Waals surface area contributed by atoms with Gasteiger partial charge in [0.2, 0.25) is 0 Å². The minimum absolute atomic E-state index is 0.336. The van der Waals surface area contributed by atoms with Crippen LogP contribution in [-0.2, 0) is 16.8 Å². The fourth-order valence-corrected chi connectivity index (χ4v) is 3.35. The van der Waals surface area contributed by atoms with Crippen LogP contribution in [0, 0.1) is 0 Å². The monoisotopic (exact) mass is 493 g/mol. The fourth-order valence-electron chi connectivity index (χ4n) is 2.97. The zero-order valence-electron chi connectivity index (χ0n) is 14.0. The van der Waals surface area contributed by atoms with E-state index in [0.29, 0.717) is 29.6 Å². The summed E-state index contributed by atoms with van der Waals surface area (Å²) >= 11 is 14.5. The van der Waals surface area contributed by atoms with Crippen molar-refractivity contribution in [3.63, 3.8) is 0 Å². The second kappa shape index (κ2) is 10.1. The number of alkyl halides is 1. The van der Waals surface area contributed by atoms with Crippen LogP contribution in [0.4, 0.5) is 0 Å². The largest absolute Gasteiger partial charge is 0.382 e. The van der Waals surface area contributed by atoms with Gasteiger partial charge in [-0.2, -0.15) is 0 Å². The van der Waals surface area contributed by atoms with Gasteiger partial charge in [0.05, 0.1) is 6.61 Å². The maximum Gasteiger partial charge on any atom is 0.121 e. The van der Waals surface area contributed by atoms with Crippen molar-refractivity contribution in [2.24, 2.45) is 0 Å². The molecule has 2 aromatic carbocycles. The lowest BCUT2D eigenvalue weighted by atomic mass is 9.82. The Labute approximate surface area is 172 Å². The molecule has 3 rings (SSSR count). The Balaban J connectivity index is 0.00000109. The van der Waals surface area contributed by atoms with Crippen molar-refractivity contribution in [1.82, 2.24) is 5.32 Å². The molecule has 0 radical (unpaired) electrons. The van der Waals surface area contributed by atoms with Gasteiger partial charge < -0.3 is 15.2 Å². The molecule has 2 N–H and O–H groups in total. The zero-order valence-corrected chi connectivity index (χ0v) is 17.7. The fraction of sp³-hybridized carbons (Fsp3) is 0.368. The highest BCUT2D eigenvalue weighted by Gasteiger charge is 2.40. The van der Waals surface area contributed by atoms with Gasteiger partial charge in [0.25, 0.3) is 0 Å². The van der Waals surface area contributed by atoms with Gasteiger partial charge in [-0.3, -0.25) is 0 Å². The normalized spacial score (nSPS) is 19.5. The predicted molar refractivity (Wildman–Crippen MR) is 113 cm³/mol. The Kier molecular flexibility index (Phi) is 8.45. The van der Waals surface area contributed by atoms with E-state index < -0.39 is 5.60 Å². The van der Waals surface area contributed by atoms with Crippen molar-refractivity contribution in [3.05, 3.63) is 69.7 Å². The van der Waals surface area contributed by atoms with Crippen molar-refractivity contribution in [1.29, 1.82) is 0 Å². The molecular formula is C19H22Cl2INO2. The van der Waals surface area contributed by atoms with Crippen LogP contribution in [0.2, 0.25) is 10.0 Å². The molecule has 0 unspecified atom stereocenters. The topological polar surface area (TPSA) is 41.5 Å². The third-order valence-electron chi connectivity index (χ3n) is 4.20. The number of aliphatic hydroxyl groups is 1. The molecule has 1 heterocycles. The maximum atomic E-state index is 11.5. The average molecular weight is 494 g/mol. The predicted octanol–water partition coefficient (Wildman–Crippen LogP) is 4.46. The molecule has 136 valence electrons. The van der Waals surface area contributed by atoms with Gasteiger partial charge in [-0.15, -0.1) is 0 Å². The summed E-state index contributed by atoms with van der Waals surface area (Å²) in [6.07, 6.45) is -0.0170. The van der Waals surface area contributed by atoms with Crippen LogP contribution in [-0.4, -0.2) is 35.8 Å². The third kappa shape index (κ3) is 5.31. The van der Waals surface area contributed by atoms with Crippen molar-refractivity contribution in [3.8, 4) is 0 Å². The van der Waals surface area contributed by atoms with Gasteiger partial charge in [-0.25, -0.2) is 0 Å². The van der Waals surface area contributed by atoms with Gasteiger partial charge in [-0.05, 0) is 34.3 Å². The van der Waals surface area contributed by atoms with Gasteiger partial charge in [0.15, 0.2) is 0 Å². The van der Waals surface area contributed by atoms with Gasteiger partial charge >= 0.3 is 0 Å². The van der Waals surface area contributed by atoms with Crippen LogP contribution in [0.3, 0.4) is 0 Å². The summed E-state index contributed by atoms with van der Waals surface area (Å²) in [4.78, 5) is 1.97. The molecule has 25 heavy (non-hydrogen) atoms. The second-order valence-electron chi connectivity index (χ2n) is 5.77. The number of hydrogen-bond donors (Lipinski definition) is 2. The Morgan fingerprint density at radius 2 is 1.92 bits per heavy atom. The summed E-state index contributed by atoms with van der Waals surface area (Å²) in [7, 11) is 0. The smallest absolute Gasteiger partial charge is 0.121 e. The van der Waals surface area contributed by atoms with E-state index in [2.05, 4.69) is 27.9 Å². The summed E-state index contributed by atoms with van der Waals surface area (Å²) in [6, 6.07) is 14.9. The second-order valence-corrected chi connectivity index (χ2v) is 6.61. The van der Waals surface area contributed by atoms with E-state index in [1.165, 1.54) is 0 Å². The van der Waals surface area contributed by atoms with Crippen molar-refractivity contribution in [2.45, 2.75) is 18.1 Å². The highest BCUT2D eigenvalue weighted by molar-refractivity contribution is 14.1. The molecule has 3 nitrogen and oxygen atoms in total. The third-order valence-corrected chi connectivity index (χ3v) is 4.81. The summed E-state index contributed by atoms with van der Waals surface area (Å²) in [5, 5.41) is 16.0. The van der Waals surface area contributed by atoms with E-state index in [1.54, 1.807) is 18.2 Å². The minimum Gasteiger partial charge on any atom is -0.382 e. The summed E-state index contributed by atoms with van der Waals surface area (Å²) < 4.78 is 5.85. The molecule has 0 aliphatic carbocycles. The molecular weight excluding hydrogens is 472 g/mol. The number of hydrogen-bond acceptors (Lipinski definition) is 3. The van der Waals surface area contributed by atoms with Gasteiger partial charge in [-0.1, -0.05) is 76.1 Å². The first-order valence-electron chi connectivity index (χ1n) is 8.01. The lowest BCUT2D eigenvalue weighted by Gasteiger charge is -2.39. The van der Waals surface area contributed by atoms with Crippen LogP contribution in [0.5, 0.6) is 0 Å². The SMILES string of the molecule is CI.O[C@](Cc1cc(Cl)ccc1Cl)(c1ccccc1)[C@H]1CNCCO1. The van der Waals surface area contributed by atoms with E-state index in [4.69, 9.17) is 27.9 Å². The maximum absolute atomic E-state index is 11.5. The minimum atomic E-state index is -1.18. The quantitative estimate of drug-likeness (QED) is 0.488. The Morgan fingerprint density at radius 1 is 1.20 bits per heavy atom. The lowest BCUT2D eigenvalue weighted by Crippen LogP contribution is -2.52. The highest BCUT2D eigenvalue weighted by Crippen LogP contribution is 2.34. The molecule has 1 saturated heterocycles. The van der Waals surface area contributed by atoms with Crippen LogP contribution in [0.15, 0.2) is 48.5 Å². The number of ether oxygens (including phenoxy) is 1. The molecule has 2 aromatic rings. The Morgan fingerprint density at radius 3 is 2.56 bits per heavy atom. The summed E-state index contributed by atoms with van der Waals surface area (Å²) in [5.41, 5.74) is 0.438. The van der Waals surface area contributed by atoms with E-state index in [0.717, 1.165) is 17.7 Å². The number of nitrogens with one attached hydrogen (secondary N) is 1. The number of rotatable bonds is 4. The first-order valence-corrected chi connectivity index (χ1v) is 10.9. The van der Waals surface area contributed by atoms with Crippen LogP contribution in [0.1, 0.15) is 11.1 Å². The molecule has 6 heteroatoms. The molecule has 2 atom stereocenters. The first-order chi connectivity index (χ1) is 12.1. The Bertz CT molecular complexity index is 666. The molecule has 0 amide bonds. The first kappa shape index (κ1) is 20.9. The van der Waals surface area contributed by atoms with Crippen molar-refractivity contribution >= 4 is 45.8 Å². The van der Waals surface area contributed by atoms with E-state index in [-0.39, 0.29) is 6.10 Å². The highest BCUT2D eigenvalue weighted by atomic mass is 127. The van der Waals surface area contributed by atoms with Gasteiger partial charge in [0.1, 0.15) is 11.7 Å². The Hall–Kier alpha value is -0.370. The molecule has 0 bridgehead atoms.